The highest BCUT2D eigenvalue weighted by Gasteiger charge is 2.49. The van der Waals surface area contributed by atoms with Crippen LogP contribution in [-0.4, -0.2) is 198 Å². The number of nitrogens with zero attached hydrogens (tertiary/aromatic N) is 7. The Bertz CT molecular complexity index is 1920. The molecule has 80 heavy (non-hydrogen) atoms. The van der Waals surface area contributed by atoms with Gasteiger partial charge in [0, 0.05) is 97.4 Å². The van der Waals surface area contributed by atoms with Gasteiger partial charge in [0.05, 0.1) is 45.4 Å². The topological polar surface area (TPSA) is 151 Å². The first kappa shape index (κ1) is 74.0. The fourth-order valence-electron chi connectivity index (χ4n) is 8.59. The van der Waals surface area contributed by atoms with Crippen LogP contribution in [0.4, 0.5) is 17.6 Å². The van der Waals surface area contributed by atoms with Gasteiger partial charge < -0.3 is 39.0 Å². The van der Waals surface area contributed by atoms with Crippen molar-refractivity contribution in [3.8, 4) is 0 Å². The molecule has 7 aliphatic rings. The second-order valence-corrected chi connectivity index (χ2v) is 30.7. The third-order valence-electron chi connectivity index (χ3n) is 13.9. The van der Waals surface area contributed by atoms with Crippen molar-refractivity contribution in [2.45, 2.75) is 203 Å². The quantitative estimate of drug-likeness (QED) is 0.248. The van der Waals surface area contributed by atoms with Gasteiger partial charge in [-0.15, -0.1) is 0 Å². The molecule has 0 radical (unpaired) electrons. The molecule has 0 atom stereocenters. The molecule has 0 unspecified atom stereocenters. The van der Waals surface area contributed by atoms with Gasteiger partial charge in [0.15, 0.2) is 0 Å². The maximum Gasteiger partial charge on any atom is 0.282 e. The summed E-state index contributed by atoms with van der Waals surface area (Å²) in [5, 5.41) is 0. The van der Waals surface area contributed by atoms with Gasteiger partial charge in [0.1, 0.15) is 11.8 Å². The summed E-state index contributed by atoms with van der Waals surface area (Å²) < 4.78 is 55.1. The van der Waals surface area contributed by atoms with Crippen LogP contribution >= 0.6 is 0 Å². The molecule has 7 saturated heterocycles. The molecule has 19 heteroatoms. The molecule has 0 aromatic rings. The van der Waals surface area contributed by atoms with Crippen molar-refractivity contribution in [3.63, 3.8) is 0 Å². The standard InChI is InChI=1S/C10H19NO.C9H16FNO.C9H17NO2.C9H17NO.C8H13F2NO.C8H14FNO.C8H15NO/c1-5-8-6-11(7-8)9(12)10(2,3)4;1-8(2,3)7(12)11-5-9(4,10)6-11;1-9(2,3)8(11)10-5-7(6-10)12-4;1-7-5-10(6-7)8(11)9(2,3)4;1-7(2,3)6(12)11-4-8(9,10)5-11;1-8(2,3)7(11)10-4-6(9)5-10;1-8(2,3)7(10)9-5-4-6-9/h8H,5-7H2,1-4H3;5-6H2,1-4H3;7H,5-6H2,1-4H3;7H,5-6H2,1-4H3;4-5H2,1-3H3;6H,4-5H2,1-3H3;4-6H2,1-3H3. The number of ether oxygens (including phenoxy) is 1. The zero-order valence-electron chi connectivity index (χ0n) is 54.5. The van der Waals surface area contributed by atoms with Gasteiger partial charge in [0.2, 0.25) is 41.4 Å². The molecule has 0 N–H and O–H groups in total. The summed E-state index contributed by atoms with van der Waals surface area (Å²) in [7, 11) is 1.68. The number of methoxy groups -OCH3 is 1. The summed E-state index contributed by atoms with van der Waals surface area (Å²) in [6.07, 6.45) is 1.85. The van der Waals surface area contributed by atoms with Gasteiger partial charge in [-0.2, -0.15) is 0 Å². The van der Waals surface area contributed by atoms with Crippen molar-refractivity contribution in [1.82, 2.24) is 34.3 Å². The molecular formula is C61H111F4N7O8. The molecule has 7 fully saturated rings. The van der Waals surface area contributed by atoms with Gasteiger partial charge in [-0.05, 0) is 31.6 Å². The van der Waals surface area contributed by atoms with E-state index in [9.17, 15) is 51.1 Å². The Morgan fingerprint density at radius 1 is 0.425 bits per heavy atom. The summed E-state index contributed by atoms with van der Waals surface area (Å²) in [5.74, 6) is -0.201. The first-order valence-corrected chi connectivity index (χ1v) is 29.0. The maximum atomic E-state index is 13.0. The van der Waals surface area contributed by atoms with Gasteiger partial charge >= 0.3 is 0 Å². The summed E-state index contributed by atoms with van der Waals surface area (Å²) in [6, 6.07) is 0. The number of carbonyl (C=O) groups excluding carboxylic acids is 7. The predicted octanol–water partition coefficient (Wildman–Crippen LogP) is 9.89. The van der Waals surface area contributed by atoms with E-state index < -0.39 is 36.3 Å². The minimum absolute atomic E-state index is 0.0395. The Hall–Kier alpha value is -4.03. The zero-order valence-corrected chi connectivity index (χ0v) is 54.5. The summed E-state index contributed by atoms with van der Waals surface area (Å²) in [6.45, 7) is 53.3. The zero-order chi connectivity index (χ0) is 62.9. The fourth-order valence-corrected chi connectivity index (χ4v) is 8.59. The Balaban J connectivity index is 0.000000467. The highest BCUT2D eigenvalue weighted by atomic mass is 19.3. The number of likely N-dealkylation sites (tertiary alicyclic amines) is 7. The van der Waals surface area contributed by atoms with Crippen molar-refractivity contribution in [2.24, 2.45) is 49.7 Å². The summed E-state index contributed by atoms with van der Waals surface area (Å²) >= 11 is 0. The van der Waals surface area contributed by atoms with Crippen LogP contribution in [0.15, 0.2) is 0 Å². The van der Waals surface area contributed by atoms with E-state index in [-0.39, 0.29) is 94.3 Å². The number of hydrogen-bond donors (Lipinski definition) is 0. The highest BCUT2D eigenvalue weighted by molar-refractivity contribution is 5.85. The van der Waals surface area contributed by atoms with Crippen molar-refractivity contribution in [1.29, 1.82) is 0 Å². The van der Waals surface area contributed by atoms with Crippen LogP contribution in [0.25, 0.3) is 0 Å². The largest absolute Gasteiger partial charge is 0.378 e. The molecule has 466 valence electrons. The summed E-state index contributed by atoms with van der Waals surface area (Å²) in [5.41, 5.74) is -3.26. The average molecular weight is 1150 g/mol. The van der Waals surface area contributed by atoms with Crippen LogP contribution < -0.4 is 0 Å². The van der Waals surface area contributed by atoms with E-state index >= 15 is 0 Å². The lowest BCUT2D eigenvalue weighted by molar-refractivity contribution is -0.173. The van der Waals surface area contributed by atoms with E-state index in [1.165, 1.54) is 24.7 Å². The number of alkyl halides is 4. The Labute approximate surface area is 481 Å². The van der Waals surface area contributed by atoms with Gasteiger partial charge in [0.25, 0.3) is 5.92 Å². The number of carbonyl (C=O) groups is 7. The van der Waals surface area contributed by atoms with Crippen molar-refractivity contribution < 1.29 is 55.9 Å². The van der Waals surface area contributed by atoms with E-state index in [1.54, 1.807) is 37.7 Å². The minimum atomic E-state index is -2.65. The van der Waals surface area contributed by atoms with Crippen LogP contribution in [0.2, 0.25) is 0 Å². The van der Waals surface area contributed by atoms with Gasteiger partial charge in [-0.1, -0.05) is 159 Å². The minimum Gasteiger partial charge on any atom is -0.378 e. The number of amides is 7. The molecular weight excluding hydrogens is 1030 g/mol. The van der Waals surface area contributed by atoms with Crippen LogP contribution in [0.3, 0.4) is 0 Å². The lowest BCUT2D eigenvalue weighted by Gasteiger charge is -2.44. The molecule has 0 aliphatic carbocycles. The molecule has 7 amide bonds. The van der Waals surface area contributed by atoms with Crippen molar-refractivity contribution >= 4 is 41.4 Å². The number of halogens is 4. The molecule has 7 aliphatic heterocycles. The molecule has 0 saturated carbocycles. The Kier molecular flexibility index (Phi) is 25.9. The Morgan fingerprint density at radius 2 is 0.688 bits per heavy atom. The normalized spacial score (nSPS) is 20.1. The molecule has 7 heterocycles. The highest BCUT2D eigenvalue weighted by Crippen LogP contribution is 2.32. The molecule has 7 rings (SSSR count). The van der Waals surface area contributed by atoms with Crippen LogP contribution in [0.5, 0.6) is 0 Å². The lowest BCUT2D eigenvalue weighted by Crippen LogP contribution is -2.61. The fraction of sp³-hybridized carbons (Fsp3) is 0.885. The second kappa shape index (κ2) is 28.0. The first-order chi connectivity index (χ1) is 35.7. The van der Waals surface area contributed by atoms with Gasteiger partial charge in [-0.3, -0.25) is 33.6 Å². The van der Waals surface area contributed by atoms with E-state index in [4.69, 9.17) is 4.74 Å². The first-order valence-electron chi connectivity index (χ1n) is 29.0. The maximum absolute atomic E-state index is 13.0. The van der Waals surface area contributed by atoms with Crippen LogP contribution in [0, 0.1) is 49.7 Å². The van der Waals surface area contributed by atoms with Crippen molar-refractivity contribution in [3.05, 3.63) is 0 Å². The molecule has 0 aromatic carbocycles. The second-order valence-electron chi connectivity index (χ2n) is 30.7. The van der Waals surface area contributed by atoms with E-state index in [0.717, 1.165) is 58.3 Å². The number of rotatable bonds is 2. The third-order valence-corrected chi connectivity index (χ3v) is 13.9. The molecule has 0 spiro atoms. The predicted molar refractivity (Wildman–Crippen MR) is 310 cm³/mol. The molecule has 0 bridgehead atoms. The van der Waals surface area contributed by atoms with E-state index in [1.807, 2.05) is 144 Å². The van der Waals surface area contributed by atoms with E-state index in [2.05, 4.69) is 13.8 Å². The van der Waals surface area contributed by atoms with Crippen LogP contribution in [-0.2, 0) is 38.3 Å². The van der Waals surface area contributed by atoms with Crippen LogP contribution in [0.1, 0.15) is 179 Å². The average Bonchev–Trinajstić information content (AvgIpc) is 3.19. The summed E-state index contributed by atoms with van der Waals surface area (Å²) in [4.78, 5) is 92.3. The SMILES string of the molecule is CC(C)(C)C(=O)N1CC(F)(F)C1.CC(C)(C)C(=O)N1CC(F)C1.CC(C)(C)C(=O)N1CCC1.CC1(F)CN(C(=O)C(C)(C)C)C1.CC1CN(C(=O)C(C)(C)C)C1.CCC1CN(C(=O)C(C)(C)C)C1.COC1CN(C(=O)C(C)(C)C)C1. The van der Waals surface area contributed by atoms with E-state index in [0.29, 0.717) is 17.7 Å². The smallest absolute Gasteiger partial charge is 0.282 e. The van der Waals surface area contributed by atoms with Gasteiger partial charge in [-0.25, -0.2) is 17.6 Å². The number of hydrogen-bond acceptors (Lipinski definition) is 8. The Morgan fingerprint density at radius 3 is 0.900 bits per heavy atom. The molecule has 0 aromatic heterocycles. The third kappa shape index (κ3) is 24.1. The molecule has 15 nitrogen and oxygen atoms in total. The monoisotopic (exact) mass is 1150 g/mol. The van der Waals surface area contributed by atoms with Crippen molar-refractivity contribution in [2.75, 3.05) is 98.7 Å². The lowest BCUT2D eigenvalue weighted by atomic mass is 9.89.